The second-order valence-corrected chi connectivity index (χ2v) is 9.14. The van der Waals surface area contributed by atoms with Gasteiger partial charge in [-0.1, -0.05) is 31.2 Å². The average molecular weight is 443 g/mol. The zero-order valence-corrected chi connectivity index (χ0v) is 20.0. The molecule has 4 heteroatoms. The molecule has 0 spiro atoms. The summed E-state index contributed by atoms with van der Waals surface area (Å²) in [5.41, 5.74) is 5.34. The normalized spacial score (nSPS) is 14.8. The standard InChI is InChI=1S/C29H31FN2O/c1-6-15-32-27-17-26(30)22(16-25(27)21(3)18-29(32,4)5)19-31-23-11-13-24(14-12-23)33-28-10-8-7-9-20(28)2/h7-14,16-19H,6,15H2,1-5H3. The van der Waals surface area contributed by atoms with E-state index in [2.05, 4.69) is 43.7 Å². The number of allylic oxidation sites excluding steroid dienone is 1. The summed E-state index contributed by atoms with van der Waals surface area (Å²) in [5.74, 6) is 1.31. The number of ether oxygens (including phenoxy) is 1. The summed E-state index contributed by atoms with van der Waals surface area (Å²) >= 11 is 0. The molecular formula is C29H31FN2O. The van der Waals surface area contributed by atoms with E-state index in [0.717, 1.165) is 52.5 Å². The highest BCUT2D eigenvalue weighted by atomic mass is 19.1. The molecule has 1 aliphatic rings. The van der Waals surface area contributed by atoms with Crippen LogP contribution in [0.1, 0.15) is 50.8 Å². The summed E-state index contributed by atoms with van der Waals surface area (Å²) in [7, 11) is 0. The molecule has 0 saturated carbocycles. The number of nitrogens with zero attached hydrogens (tertiary/aromatic N) is 2. The molecule has 4 rings (SSSR count). The number of benzene rings is 3. The Kier molecular flexibility index (Phi) is 6.37. The minimum absolute atomic E-state index is 0.142. The smallest absolute Gasteiger partial charge is 0.134 e. The van der Waals surface area contributed by atoms with E-state index in [1.54, 1.807) is 12.3 Å². The third-order valence-electron chi connectivity index (χ3n) is 6.05. The number of rotatable bonds is 6. The van der Waals surface area contributed by atoms with Crippen molar-refractivity contribution < 1.29 is 9.13 Å². The lowest BCUT2D eigenvalue weighted by molar-refractivity contribution is 0.479. The van der Waals surface area contributed by atoms with Gasteiger partial charge in [0.15, 0.2) is 0 Å². The fourth-order valence-electron chi connectivity index (χ4n) is 4.39. The molecule has 0 aromatic heterocycles. The first-order valence-electron chi connectivity index (χ1n) is 11.5. The van der Waals surface area contributed by atoms with Gasteiger partial charge in [0, 0.05) is 29.6 Å². The zero-order chi connectivity index (χ0) is 23.6. The molecule has 0 saturated heterocycles. The molecule has 1 aliphatic heterocycles. The van der Waals surface area contributed by atoms with Gasteiger partial charge in [0.25, 0.3) is 0 Å². The van der Waals surface area contributed by atoms with Gasteiger partial charge in [0.1, 0.15) is 17.3 Å². The predicted octanol–water partition coefficient (Wildman–Crippen LogP) is 8.09. The van der Waals surface area contributed by atoms with Gasteiger partial charge in [-0.3, -0.25) is 4.99 Å². The maximum atomic E-state index is 15.1. The van der Waals surface area contributed by atoms with Gasteiger partial charge in [-0.05, 0) is 87.7 Å². The van der Waals surface area contributed by atoms with Crippen LogP contribution >= 0.6 is 0 Å². The van der Waals surface area contributed by atoms with Crippen molar-refractivity contribution in [3.8, 4) is 11.5 Å². The first kappa shape index (κ1) is 22.8. The molecule has 3 nitrogen and oxygen atoms in total. The van der Waals surface area contributed by atoms with Gasteiger partial charge in [0.05, 0.1) is 11.2 Å². The van der Waals surface area contributed by atoms with E-state index < -0.39 is 0 Å². The highest BCUT2D eigenvalue weighted by Gasteiger charge is 2.31. The van der Waals surface area contributed by atoms with E-state index in [9.17, 15) is 0 Å². The topological polar surface area (TPSA) is 24.8 Å². The Balaban J connectivity index is 1.57. The average Bonchev–Trinajstić information content (AvgIpc) is 2.78. The van der Waals surface area contributed by atoms with Crippen molar-refractivity contribution in [2.24, 2.45) is 4.99 Å². The quantitative estimate of drug-likeness (QED) is 0.360. The number of hydrogen-bond acceptors (Lipinski definition) is 3. The molecule has 0 bridgehead atoms. The zero-order valence-electron chi connectivity index (χ0n) is 20.0. The highest BCUT2D eigenvalue weighted by Crippen LogP contribution is 2.40. The van der Waals surface area contributed by atoms with Crippen LogP contribution < -0.4 is 9.64 Å². The van der Waals surface area contributed by atoms with Crippen LogP contribution in [0.5, 0.6) is 11.5 Å². The van der Waals surface area contributed by atoms with Crippen LogP contribution in [0.25, 0.3) is 5.57 Å². The Bertz CT molecular complexity index is 1210. The molecule has 3 aromatic carbocycles. The molecule has 170 valence electrons. The van der Waals surface area contributed by atoms with E-state index in [-0.39, 0.29) is 11.4 Å². The van der Waals surface area contributed by atoms with Crippen molar-refractivity contribution in [3.63, 3.8) is 0 Å². The van der Waals surface area contributed by atoms with E-state index in [0.29, 0.717) is 5.56 Å². The largest absolute Gasteiger partial charge is 0.457 e. The molecule has 33 heavy (non-hydrogen) atoms. The highest BCUT2D eigenvalue weighted by molar-refractivity contribution is 5.89. The van der Waals surface area contributed by atoms with Gasteiger partial charge in [-0.25, -0.2) is 4.39 Å². The van der Waals surface area contributed by atoms with Crippen LogP contribution in [0.4, 0.5) is 15.8 Å². The predicted molar refractivity (Wildman–Crippen MR) is 137 cm³/mol. The summed E-state index contributed by atoms with van der Waals surface area (Å²) in [4.78, 5) is 6.79. The molecule has 0 radical (unpaired) electrons. The Morgan fingerprint density at radius 3 is 2.45 bits per heavy atom. The van der Waals surface area contributed by atoms with Crippen LogP contribution in [0.2, 0.25) is 0 Å². The lowest BCUT2D eigenvalue weighted by Gasteiger charge is -2.43. The third-order valence-corrected chi connectivity index (χ3v) is 6.05. The van der Waals surface area contributed by atoms with Gasteiger partial charge in [-0.15, -0.1) is 0 Å². The van der Waals surface area contributed by atoms with Crippen molar-refractivity contribution in [1.29, 1.82) is 0 Å². The second-order valence-electron chi connectivity index (χ2n) is 9.14. The Hall–Kier alpha value is -3.40. The van der Waals surface area contributed by atoms with Gasteiger partial charge in [0.2, 0.25) is 0 Å². The van der Waals surface area contributed by atoms with Crippen molar-refractivity contribution in [2.45, 2.75) is 46.6 Å². The number of para-hydroxylation sites is 1. The van der Waals surface area contributed by atoms with Crippen LogP contribution in [0, 0.1) is 12.7 Å². The molecule has 3 aromatic rings. The van der Waals surface area contributed by atoms with Crippen molar-refractivity contribution >= 4 is 23.2 Å². The summed E-state index contributed by atoms with van der Waals surface area (Å²) in [6.45, 7) is 11.5. The molecule has 0 amide bonds. The molecule has 0 aliphatic carbocycles. The fraction of sp³-hybridized carbons (Fsp3) is 0.276. The monoisotopic (exact) mass is 442 g/mol. The first-order valence-corrected chi connectivity index (χ1v) is 11.5. The summed E-state index contributed by atoms with van der Waals surface area (Å²) in [6.07, 6.45) is 4.87. The number of anilines is 1. The summed E-state index contributed by atoms with van der Waals surface area (Å²) in [6, 6.07) is 19.0. The minimum Gasteiger partial charge on any atom is -0.457 e. The number of aryl methyl sites for hydroxylation is 1. The number of hydrogen-bond donors (Lipinski definition) is 0. The second kappa shape index (κ2) is 9.22. The first-order chi connectivity index (χ1) is 15.8. The maximum absolute atomic E-state index is 15.1. The number of aliphatic imine (C=N–C) groups is 1. The molecule has 0 fully saturated rings. The van der Waals surface area contributed by atoms with E-state index in [1.807, 2.05) is 61.5 Å². The summed E-state index contributed by atoms with van der Waals surface area (Å²) < 4.78 is 21.0. The minimum atomic E-state index is -0.261. The maximum Gasteiger partial charge on any atom is 0.134 e. The number of halogens is 1. The van der Waals surface area contributed by atoms with Crippen LogP contribution in [0.3, 0.4) is 0 Å². The Morgan fingerprint density at radius 1 is 1.03 bits per heavy atom. The molecule has 0 unspecified atom stereocenters. The molecule has 1 heterocycles. The van der Waals surface area contributed by atoms with E-state index in [4.69, 9.17) is 4.74 Å². The molecule has 0 N–H and O–H groups in total. The van der Waals surface area contributed by atoms with Gasteiger partial charge in [-0.2, -0.15) is 0 Å². The molecule has 0 atom stereocenters. The SMILES string of the molecule is CCCN1c2cc(F)c(C=Nc3ccc(Oc4ccccc4C)cc3)cc2C(C)=CC1(C)C. The van der Waals surface area contributed by atoms with Crippen LogP contribution in [-0.4, -0.2) is 18.3 Å². The third kappa shape index (κ3) is 4.85. The molecular weight excluding hydrogens is 411 g/mol. The lowest BCUT2D eigenvalue weighted by atomic mass is 9.87. The van der Waals surface area contributed by atoms with Gasteiger partial charge < -0.3 is 9.64 Å². The summed E-state index contributed by atoms with van der Waals surface area (Å²) in [5, 5.41) is 0. The fourth-order valence-corrected chi connectivity index (χ4v) is 4.39. The van der Waals surface area contributed by atoms with Crippen LogP contribution in [0.15, 0.2) is 71.7 Å². The lowest BCUT2D eigenvalue weighted by Crippen LogP contribution is -2.45. The van der Waals surface area contributed by atoms with Crippen LogP contribution in [-0.2, 0) is 0 Å². The Labute approximate surface area is 196 Å². The van der Waals surface area contributed by atoms with E-state index >= 15 is 4.39 Å². The van der Waals surface area contributed by atoms with Crippen molar-refractivity contribution in [3.05, 3.63) is 89.2 Å². The van der Waals surface area contributed by atoms with Crippen molar-refractivity contribution in [2.75, 3.05) is 11.4 Å². The van der Waals surface area contributed by atoms with Gasteiger partial charge >= 0.3 is 0 Å². The van der Waals surface area contributed by atoms with Crippen molar-refractivity contribution in [1.82, 2.24) is 0 Å². The number of fused-ring (bicyclic) bond motifs is 1. The Morgan fingerprint density at radius 2 is 1.76 bits per heavy atom. The van der Waals surface area contributed by atoms with E-state index in [1.165, 1.54) is 0 Å².